The van der Waals surface area contributed by atoms with Gasteiger partial charge in [0, 0.05) is 12.6 Å². The van der Waals surface area contributed by atoms with Crippen LogP contribution in [0.2, 0.25) is 0 Å². The number of hydrogen-bond donors (Lipinski definition) is 1. The van der Waals surface area contributed by atoms with Gasteiger partial charge in [-0.1, -0.05) is 0 Å². The second-order valence-corrected chi connectivity index (χ2v) is 6.52. The lowest BCUT2D eigenvalue weighted by Gasteiger charge is -2.21. The normalized spacial score (nSPS) is 15.4. The molecule has 5 nitrogen and oxygen atoms in total. The molecule has 1 aliphatic carbocycles. The average Bonchev–Trinajstić information content (AvgIpc) is 3.19. The number of carboxylic acids is 1. The van der Waals surface area contributed by atoms with Crippen molar-refractivity contribution in [1.82, 2.24) is 4.31 Å². The number of halogens is 3. The van der Waals surface area contributed by atoms with Crippen LogP contribution >= 0.6 is 0 Å². The van der Waals surface area contributed by atoms with Gasteiger partial charge in [0.25, 0.3) is 0 Å². The van der Waals surface area contributed by atoms with E-state index in [1.807, 2.05) is 0 Å². The van der Waals surface area contributed by atoms with Crippen molar-refractivity contribution < 1.29 is 31.5 Å². The van der Waals surface area contributed by atoms with Gasteiger partial charge < -0.3 is 5.11 Å². The molecule has 0 spiro atoms. The highest BCUT2D eigenvalue weighted by Crippen LogP contribution is 2.33. The number of hydrogen-bond acceptors (Lipinski definition) is 3. The fourth-order valence-electron chi connectivity index (χ4n) is 1.90. The largest absolute Gasteiger partial charge is 0.481 e. The first-order valence-electron chi connectivity index (χ1n) is 6.12. The van der Waals surface area contributed by atoms with E-state index in [2.05, 4.69) is 0 Å². The summed E-state index contributed by atoms with van der Waals surface area (Å²) < 4.78 is 65.2. The Labute approximate surface area is 119 Å². The Morgan fingerprint density at radius 3 is 2.38 bits per heavy atom. The monoisotopic (exact) mass is 323 g/mol. The van der Waals surface area contributed by atoms with Gasteiger partial charge in [-0.15, -0.1) is 0 Å². The van der Waals surface area contributed by atoms with Gasteiger partial charge in [0.15, 0.2) is 17.5 Å². The number of carboxylic acid groups (broad SMARTS) is 1. The van der Waals surface area contributed by atoms with Gasteiger partial charge in [-0.25, -0.2) is 21.6 Å². The van der Waals surface area contributed by atoms with E-state index in [1.54, 1.807) is 0 Å². The lowest BCUT2D eigenvalue weighted by Crippen LogP contribution is -2.35. The molecular weight excluding hydrogens is 311 g/mol. The molecule has 0 heterocycles. The van der Waals surface area contributed by atoms with Crippen molar-refractivity contribution in [2.75, 3.05) is 6.54 Å². The SMILES string of the molecule is O=C(O)CCN(C1CC1)S(=O)(=O)c1ccc(F)c(F)c1F. The number of sulfonamides is 1. The molecule has 1 aromatic carbocycles. The Morgan fingerprint density at radius 1 is 1.24 bits per heavy atom. The molecule has 21 heavy (non-hydrogen) atoms. The zero-order valence-electron chi connectivity index (χ0n) is 10.7. The highest BCUT2D eigenvalue weighted by atomic mass is 32.2. The minimum Gasteiger partial charge on any atom is -0.481 e. The van der Waals surface area contributed by atoms with E-state index in [-0.39, 0.29) is 6.54 Å². The summed E-state index contributed by atoms with van der Waals surface area (Å²) in [5, 5.41) is 8.63. The fraction of sp³-hybridized carbons (Fsp3) is 0.417. The first-order chi connectivity index (χ1) is 9.75. The van der Waals surface area contributed by atoms with Crippen molar-refractivity contribution in [1.29, 1.82) is 0 Å². The average molecular weight is 323 g/mol. The molecule has 0 bridgehead atoms. The number of carbonyl (C=O) groups is 1. The molecule has 0 saturated heterocycles. The van der Waals surface area contributed by atoms with E-state index >= 15 is 0 Å². The summed E-state index contributed by atoms with van der Waals surface area (Å²) in [4.78, 5) is 9.58. The van der Waals surface area contributed by atoms with Crippen LogP contribution in [-0.4, -0.2) is 36.4 Å². The van der Waals surface area contributed by atoms with Crippen LogP contribution in [0.25, 0.3) is 0 Å². The van der Waals surface area contributed by atoms with Crippen molar-refractivity contribution in [2.45, 2.75) is 30.2 Å². The van der Waals surface area contributed by atoms with Crippen LogP contribution in [-0.2, 0) is 14.8 Å². The Kier molecular flexibility index (Phi) is 4.24. The van der Waals surface area contributed by atoms with Gasteiger partial charge in [-0.3, -0.25) is 4.79 Å². The van der Waals surface area contributed by atoms with Gasteiger partial charge in [-0.05, 0) is 25.0 Å². The predicted molar refractivity (Wildman–Crippen MR) is 65.5 cm³/mol. The zero-order chi connectivity index (χ0) is 15.8. The van der Waals surface area contributed by atoms with Gasteiger partial charge in [-0.2, -0.15) is 4.31 Å². The summed E-state index contributed by atoms with van der Waals surface area (Å²) in [7, 11) is -4.42. The number of rotatable bonds is 6. The molecule has 0 radical (unpaired) electrons. The lowest BCUT2D eigenvalue weighted by atomic mass is 10.3. The zero-order valence-corrected chi connectivity index (χ0v) is 11.5. The van der Waals surface area contributed by atoms with Gasteiger partial charge in [0.1, 0.15) is 4.90 Å². The lowest BCUT2D eigenvalue weighted by molar-refractivity contribution is -0.137. The summed E-state index contributed by atoms with van der Waals surface area (Å²) in [6.07, 6.45) is 0.579. The molecule has 0 unspecified atom stereocenters. The minimum absolute atomic E-state index is 0.346. The Hall–Kier alpha value is -1.61. The molecule has 1 fully saturated rings. The van der Waals surface area contributed by atoms with E-state index in [1.165, 1.54) is 0 Å². The maximum atomic E-state index is 13.7. The Balaban J connectivity index is 2.39. The van der Waals surface area contributed by atoms with Gasteiger partial charge in [0.2, 0.25) is 10.0 Å². The third kappa shape index (κ3) is 3.18. The molecule has 9 heteroatoms. The van der Waals surface area contributed by atoms with E-state index in [0.29, 0.717) is 25.0 Å². The summed E-state index contributed by atoms with van der Waals surface area (Å²) in [6.45, 7) is -0.346. The molecule has 0 aliphatic heterocycles. The van der Waals surface area contributed by atoms with Crippen LogP contribution in [0.15, 0.2) is 17.0 Å². The maximum Gasteiger partial charge on any atom is 0.304 e. The highest BCUT2D eigenvalue weighted by Gasteiger charge is 2.40. The van der Waals surface area contributed by atoms with Gasteiger partial charge in [0.05, 0.1) is 6.42 Å². The Bertz CT molecular complexity index is 673. The summed E-state index contributed by atoms with van der Waals surface area (Å²) in [5.41, 5.74) is 0. The quantitative estimate of drug-likeness (QED) is 0.809. The molecule has 0 amide bonds. The molecular formula is C12H12F3NO4S. The molecule has 1 N–H and O–H groups in total. The first-order valence-corrected chi connectivity index (χ1v) is 7.56. The van der Waals surface area contributed by atoms with Crippen LogP contribution in [0.3, 0.4) is 0 Å². The highest BCUT2D eigenvalue weighted by molar-refractivity contribution is 7.89. The summed E-state index contributed by atoms with van der Waals surface area (Å²) >= 11 is 0. The van der Waals surface area contributed by atoms with Crippen molar-refractivity contribution in [3.8, 4) is 0 Å². The van der Waals surface area contributed by atoms with Crippen molar-refractivity contribution in [3.63, 3.8) is 0 Å². The fourth-order valence-corrected chi connectivity index (χ4v) is 3.64. The second kappa shape index (κ2) is 5.64. The topological polar surface area (TPSA) is 74.7 Å². The Morgan fingerprint density at radius 2 is 1.86 bits per heavy atom. The van der Waals surface area contributed by atoms with Crippen LogP contribution < -0.4 is 0 Å². The molecule has 0 aromatic heterocycles. The minimum atomic E-state index is -4.42. The third-order valence-corrected chi connectivity index (χ3v) is 5.06. The number of aliphatic carboxylic acids is 1. The van der Waals surface area contributed by atoms with E-state index in [4.69, 9.17) is 5.11 Å². The first kappa shape index (κ1) is 15.8. The van der Waals surface area contributed by atoms with E-state index in [0.717, 1.165) is 4.31 Å². The number of benzene rings is 1. The van der Waals surface area contributed by atoms with Crippen molar-refractivity contribution >= 4 is 16.0 Å². The molecule has 1 aromatic rings. The molecule has 116 valence electrons. The van der Waals surface area contributed by atoms with Crippen LogP contribution in [0.4, 0.5) is 13.2 Å². The number of nitrogens with zero attached hydrogens (tertiary/aromatic N) is 1. The van der Waals surface area contributed by atoms with Crippen molar-refractivity contribution in [2.24, 2.45) is 0 Å². The van der Waals surface area contributed by atoms with Crippen LogP contribution in [0.1, 0.15) is 19.3 Å². The molecule has 2 rings (SSSR count). The van der Waals surface area contributed by atoms with Crippen LogP contribution in [0.5, 0.6) is 0 Å². The van der Waals surface area contributed by atoms with Crippen molar-refractivity contribution in [3.05, 3.63) is 29.6 Å². The van der Waals surface area contributed by atoms with E-state index in [9.17, 15) is 26.4 Å². The van der Waals surface area contributed by atoms with E-state index < -0.39 is 50.8 Å². The maximum absolute atomic E-state index is 13.7. The molecule has 1 aliphatic rings. The predicted octanol–water partition coefficient (Wildman–Crippen LogP) is 1.73. The van der Waals surface area contributed by atoms with Crippen LogP contribution in [0, 0.1) is 17.5 Å². The summed E-state index contributed by atoms with van der Waals surface area (Å²) in [5.74, 6) is -6.36. The third-order valence-electron chi connectivity index (χ3n) is 3.09. The summed E-state index contributed by atoms with van der Waals surface area (Å²) in [6, 6.07) is 0.731. The molecule has 0 atom stereocenters. The smallest absolute Gasteiger partial charge is 0.304 e. The van der Waals surface area contributed by atoms with Gasteiger partial charge >= 0.3 is 5.97 Å². The standard InChI is InChI=1S/C12H12F3NO4S/c13-8-3-4-9(12(15)11(8)14)21(19,20)16(7-1-2-7)6-5-10(17)18/h3-4,7H,1-2,5-6H2,(H,17,18). The second-order valence-electron chi connectivity index (χ2n) is 4.66. The molecule has 1 saturated carbocycles.